The second-order valence-corrected chi connectivity index (χ2v) is 3.58. The summed E-state index contributed by atoms with van der Waals surface area (Å²) in [5.74, 6) is 0.181. The van der Waals surface area contributed by atoms with Gasteiger partial charge in [-0.05, 0) is 11.8 Å². The van der Waals surface area contributed by atoms with E-state index >= 15 is 0 Å². The van der Waals surface area contributed by atoms with Gasteiger partial charge in [-0.25, -0.2) is 0 Å². The van der Waals surface area contributed by atoms with E-state index in [1.165, 1.54) is 0 Å². The lowest BCUT2D eigenvalue weighted by molar-refractivity contribution is 0.438. The first kappa shape index (κ1) is 9.62. The average molecular weight is 217 g/mol. The quantitative estimate of drug-likeness (QED) is 0.617. The van der Waals surface area contributed by atoms with Crippen LogP contribution in [-0.4, -0.2) is 5.16 Å². The summed E-state index contributed by atoms with van der Waals surface area (Å²) >= 11 is 0.954. The van der Waals surface area contributed by atoms with Crippen molar-refractivity contribution in [2.45, 2.75) is 4.90 Å². The first-order valence-electron chi connectivity index (χ1n) is 4.19. The number of thiocyanates is 1. The van der Waals surface area contributed by atoms with Crippen LogP contribution in [0.1, 0.15) is 0 Å². The number of benzene rings is 1. The molecule has 0 atom stereocenters. The lowest BCUT2D eigenvalue weighted by atomic mass is 10.1. The van der Waals surface area contributed by atoms with Gasteiger partial charge in [-0.1, -0.05) is 35.5 Å². The van der Waals surface area contributed by atoms with Gasteiger partial charge in [-0.15, -0.1) is 0 Å². The third-order valence-electron chi connectivity index (χ3n) is 1.87. The summed E-state index contributed by atoms with van der Waals surface area (Å²) in [5, 5.41) is 14.4. The second kappa shape index (κ2) is 4.07. The maximum absolute atomic E-state index is 8.62. The van der Waals surface area contributed by atoms with E-state index < -0.39 is 0 Å². The minimum absolute atomic E-state index is 0.181. The van der Waals surface area contributed by atoms with Crippen LogP contribution in [-0.2, 0) is 0 Å². The molecule has 4 nitrogen and oxygen atoms in total. The molecule has 1 aromatic carbocycles. The Morgan fingerprint density at radius 1 is 1.33 bits per heavy atom. The molecule has 0 aliphatic carbocycles. The minimum Gasteiger partial charge on any atom is -0.367 e. The van der Waals surface area contributed by atoms with Crippen LogP contribution >= 0.6 is 11.8 Å². The Kier molecular flexibility index (Phi) is 2.61. The first-order chi connectivity index (χ1) is 7.33. The van der Waals surface area contributed by atoms with E-state index in [1.54, 1.807) is 0 Å². The Morgan fingerprint density at radius 3 is 2.73 bits per heavy atom. The zero-order valence-electron chi connectivity index (χ0n) is 7.68. The van der Waals surface area contributed by atoms with Crippen molar-refractivity contribution >= 4 is 17.6 Å². The average Bonchev–Trinajstić information content (AvgIpc) is 2.63. The molecular weight excluding hydrogens is 210 g/mol. The van der Waals surface area contributed by atoms with Crippen LogP contribution in [0.4, 0.5) is 5.88 Å². The summed E-state index contributed by atoms with van der Waals surface area (Å²) in [6.07, 6.45) is 0. The van der Waals surface area contributed by atoms with E-state index in [1.807, 2.05) is 35.7 Å². The highest BCUT2D eigenvalue weighted by atomic mass is 32.2. The highest BCUT2D eigenvalue weighted by molar-refractivity contribution is 8.04. The molecule has 2 aromatic rings. The molecular formula is C10H7N3OS. The fourth-order valence-electron chi connectivity index (χ4n) is 1.22. The van der Waals surface area contributed by atoms with Gasteiger partial charge in [-0.2, -0.15) is 5.26 Å². The monoisotopic (exact) mass is 217 g/mol. The Bertz CT molecular complexity index is 501. The molecule has 0 aliphatic rings. The van der Waals surface area contributed by atoms with Crippen LogP contribution in [0.15, 0.2) is 39.8 Å². The van der Waals surface area contributed by atoms with Gasteiger partial charge in [-0.3, -0.25) is 0 Å². The summed E-state index contributed by atoms with van der Waals surface area (Å²) < 4.78 is 4.86. The topological polar surface area (TPSA) is 75.8 Å². The van der Waals surface area contributed by atoms with Crippen LogP contribution in [0, 0.1) is 10.7 Å². The van der Waals surface area contributed by atoms with Gasteiger partial charge in [0.1, 0.15) is 16.0 Å². The summed E-state index contributed by atoms with van der Waals surface area (Å²) in [6, 6.07) is 9.46. The molecule has 0 saturated carbocycles. The molecule has 5 heteroatoms. The van der Waals surface area contributed by atoms with Gasteiger partial charge in [0.15, 0.2) is 0 Å². The van der Waals surface area contributed by atoms with Gasteiger partial charge in [0.05, 0.1) is 0 Å². The number of nitriles is 1. The summed E-state index contributed by atoms with van der Waals surface area (Å²) in [4.78, 5) is 0.573. The van der Waals surface area contributed by atoms with Gasteiger partial charge in [0.25, 0.3) is 0 Å². The normalized spacial score (nSPS) is 9.80. The van der Waals surface area contributed by atoms with Crippen LogP contribution in [0.2, 0.25) is 0 Å². The number of rotatable bonds is 2. The zero-order chi connectivity index (χ0) is 10.7. The van der Waals surface area contributed by atoms with Gasteiger partial charge in [0, 0.05) is 5.56 Å². The number of nitrogens with two attached hydrogens (primary N) is 1. The number of thioether (sulfide) groups is 1. The van der Waals surface area contributed by atoms with Gasteiger partial charge < -0.3 is 10.3 Å². The fraction of sp³-hybridized carbons (Fsp3) is 0. The lowest BCUT2D eigenvalue weighted by Crippen LogP contribution is -1.83. The SMILES string of the molecule is N#CSc1c(-c2ccccc2)noc1N. The Balaban J connectivity index is 2.50. The van der Waals surface area contributed by atoms with E-state index in [9.17, 15) is 0 Å². The van der Waals surface area contributed by atoms with Crippen molar-refractivity contribution in [3.05, 3.63) is 30.3 Å². The number of nitrogen functional groups attached to an aromatic ring is 1. The van der Waals surface area contributed by atoms with Crippen molar-refractivity contribution in [3.63, 3.8) is 0 Å². The molecule has 0 spiro atoms. The van der Waals surface area contributed by atoms with Gasteiger partial charge in [0.2, 0.25) is 5.88 Å². The molecule has 0 fully saturated rings. The van der Waals surface area contributed by atoms with Crippen molar-refractivity contribution in [1.82, 2.24) is 5.16 Å². The number of aromatic nitrogens is 1. The fourth-order valence-corrected chi connectivity index (χ4v) is 1.70. The number of nitrogens with zero attached hydrogens (tertiary/aromatic N) is 2. The third kappa shape index (κ3) is 1.80. The Hall–Kier alpha value is -1.93. The third-order valence-corrected chi connectivity index (χ3v) is 2.56. The molecule has 0 aliphatic heterocycles. The standard InChI is InChI=1S/C10H7N3OS/c11-6-15-9-8(13-14-10(9)12)7-4-2-1-3-5-7/h1-5H,12H2. The van der Waals surface area contributed by atoms with Crippen molar-refractivity contribution in [1.29, 1.82) is 5.26 Å². The van der Waals surface area contributed by atoms with Crippen LogP contribution < -0.4 is 5.73 Å². The molecule has 0 bridgehead atoms. The maximum atomic E-state index is 8.62. The van der Waals surface area contributed by atoms with Crippen LogP contribution in [0.3, 0.4) is 0 Å². The predicted octanol–water partition coefficient (Wildman–Crippen LogP) is 2.50. The zero-order valence-corrected chi connectivity index (χ0v) is 8.49. The Labute approximate surface area is 90.7 Å². The summed E-state index contributed by atoms with van der Waals surface area (Å²) in [5.41, 5.74) is 7.06. The number of hydrogen-bond donors (Lipinski definition) is 1. The van der Waals surface area contributed by atoms with E-state index in [4.69, 9.17) is 15.5 Å². The van der Waals surface area contributed by atoms with Crippen LogP contribution in [0.25, 0.3) is 11.3 Å². The second-order valence-electron chi connectivity index (χ2n) is 2.78. The maximum Gasteiger partial charge on any atom is 0.237 e. The molecule has 2 rings (SSSR count). The Morgan fingerprint density at radius 2 is 2.07 bits per heavy atom. The molecule has 15 heavy (non-hydrogen) atoms. The largest absolute Gasteiger partial charge is 0.367 e. The molecule has 0 saturated heterocycles. The molecule has 1 aromatic heterocycles. The highest BCUT2D eigenvalue weighted by Gasteiger charge is 2.15. The van der Waals surface area contributed by atoms with E-state index in [0.717, 1.165) is 17.3 Å². The van der Waals surface area contributed by atoms with E-state index in [2.05, 4.69) is 5.16 Å². The molecule has 0 unspecified atom stereocenters. The predicted molar refractivity (Wildman–Crippen MR) is 57.8 cm³/mol. The summed E-state index contributed by atoms with van der Waals surface area (Å²) in [6.45, 7) is 0. The first-order valence-corrected chi connectivity index (χ1v) is 5.01. The molecule has 2 N–H and O–H groups in total. The molecule has 1 heterocycles. The van der Waals surface area contributed by atoms with Gasteiger partial charge >= 0.3 is 0 Å². The van der Waals surface area contributed by atoms with E-state index in [0.29, 0.717) is 10.6 Å². The van der Waals surface area contributed by atoms with Crippen molar-refractivity contribution in [3.8, 4) is 16.7 Å². The van der Waals surface area contributed by atoms with E-state index in [-0.39, 0.29) is 5.88 Å². The van der Waals surface area contributed by atoms with Crippen molar-refractivity contribution < 1.29 is 4.52 Å². The molecule has 0 amide bonds. The highest BCUT2D eigenvalue weighted by Crippen LogP contribution is 2.34. The summed E-state index contributed by atoms with van der Waals surface area (Å²) in [7, 11) is 0. The smallest absolute Gasteiger partial charge is 0.237 e. The minimum atomic E-state index is 0.181. The molecule has 0 radical (unpaired) electrons. The van der Waals surface area contributed by atoms with Crippen molar-refractivity contribution in [2.24, 2.45) is 0 Å². The van der Waals surface area contributed by atoms with Crippen molar-refractivity contribution in [2.75, 3.05) is 5.73 Å². The lowest BCUT2D eigenvalue weighted by Gasteiger charge is -1.96. The van der Waals surface area contributed by atoms with Crippen LogP contribution in [0.5, 0.6) is 0 Å². The molecule has 74 valence electrons. The number of anilines is 1. The number of hydrogen-bond acceptors (Lipinski definition) is 5.